The van der Waals surface area contributed by atoms with Crippen LogP contribution in [-0.2, 0) is 16.2 Å². The van der Waals surface area contributed by atoms with E-state index in [0.717, 1.165) is 0 Å². The van der Waals surface area contributed by atoms with E-state index in [9.17, 15) is 26.0 Å². The summed E-state index contributed by atoms with van der Waals surface area (Å²) in [4.78, 5) is -0.949. The van der Waals surface area contributed by atoms with Crippen molar-refractivity contribution in [2.24, 2.45) is 0 Å². The van der Waals surface area contributed by atoms with Crippen LogP contribution < -0.4 is 10.0 Å². The van der Waals surface area contributed by atoms with Crippen molar-refractivity contribution in [1.82, 2.24) is 10.0 Å². The molecule has 2 N–H and O–H groups in total. The molecule has 0 unspecified atom stereocenters. The van der Waals surface area contributed by atoms with E-state index in [4.69, 9.17) is 0 Å². The minimum absolute atomic E-state index is 0. The molecule has 0 radical (unpaired) electrons. The van der Waals surface area contributed by atoms with Gasteiger partial charge in [-0.2, -0.15) is 13.2 Å². The van der Waals surface area contributed by atoms with Crippen LogP contribution in [0.15, 0.2) is 23.1 Å². The molecule has 1 fully saturated rings. The molecule has 1 aromatic carbocycles. The molecule has 10 heteroatoms. The highest BCUT2D eigenvalue weighted by Gasteiger charge is 2.38. The molecular formula is C12H15ClF4N2O2S. The molecule has 1 saturated heterocycles. The molecule has 0 aliphatic carbocycles. The molecule has 0 aromatic heterocycles. The number of piperidine rings is 1. The van der Waals surface area contributed by atoms with Crippen LogP contribution >= 0.6 is 12.4 Å². The third-order valence-electron chi connectivity index (χ3n) is 3.20. The molecule has 0 atom stereocenters. The lowest BCUT2D eigenvalue weighted by atomic mass is 10.1. The van der Waals surface area contributed by atoms with Gasteiger partial charge in [0.2, 0.25) is 10.0 Å². The summed E-state index contributed by atoms with van der Waals surface area (Å²) >= 11 is 0. The Morgan fingerprint density at radius 1 is 1.18 bits per heavy atom. The fourth-order valence-corrected chi connectivity index (χ4v) is 3.69. The van der Waals surface area contributed by atoms with Crippen molar-refractivity contribution >= 4 is 22.4 Å². The van der Waals surface area contributed by atoms with Gasteiger partial charge in [-0.1, -0.05) is 0 Å². The first-order chi connectivity index (χ1) is 9.70. The highest BCUT2D eigenvalue weighted by molar-refractivity contribution is 7.89. The van der Waals surface area contributed by atoms with E-state index in [2.05, 4.69) is 10.0 Å². The van der Waals surface area contributed by atoms with Crippen LogP contribution in [0.4, 0.5) is 17.6 Å². The highest BCUT2D eigenvalue weighted by Crippen LogP contribution is 2.34. The lowest BCUT2D eigenvalue weighted by molar-refractivity contribution is -0.140. The number of halogens is 5. The Balaban J connectivity index is 0.00000242. The van der Waals surface area contributed by atoms with Crippen molar-refractivity contribution in [1.29, 1.82) is 0 Å². The average molecular weight is 363 g/mol. The van der Waals surface area contributed by atoms with E-state index in [0.29, 0.717) is 38.1 Å². The van der Waals surface area contributed by atoms with E-state index in [1.807, 2.05) is 0 Å². The van der Waals surface area contributed by atoms with Crippen LogP contribution in [0, 0.1) is 5.82 Å². The summed E-state index contributed by atoms with van der Waals surface area (Å²) in [6.45, 7) is 1.17. The molecular weight excluding hydrogens is 348 g/mol. The molecule has 0 saturated carbocycles. The van der Waals surface area contributed by atoms with Gasteiger partial charge in [0, 0.05) is 6.04 Å². The van der Waals surface area contributed by atoms with Gasteiger partial charge in [0.25, 0.3) is 0 Å². The number of hydrogen-bond acceptors (Lipinski definition) is 3. The number of nitrogens with one attached hydrogen (secondary N) is 2. The first-order valence-electron chi connectivity index (χ1n) is 6.30. The fourth-order valence-electron chi connectivity index (χ4n) is 2.18. The van der Waals surface area contributed by atoms with Crippen molar-refractivity contribution < 1.29 is 26.0 Å². The zero-order valence-electron chi connectivity index (χ0n) is 11.3. The summed E-state index contributed by atoms with van der Waals surface area (Å²) in [5.41, 5.74) is -1.50. The smallest absolute Gasteiger partial charge is 0.317 e. The maximum Gasteiger partial charge on any atom is 0.417 e. The van der Waals surface area contributed by atoms with Gasteiger partial charge in [-0.05, 0) is 44.1 Å². The van der Waals surface area contributed by atoms with Crippen LogP contribution in [0.25, 0.3) is 0 Å². The zero-order chi connectivity index (χ0) is 15.7. The number of rotatable bonds is 3. The lowest BCUT2D eigenvalue weighted by Gasteiger charge is -2.24. The van der Waals surface area contributed by atoms with Crippen molar-refractivity contribution in [3.63, 3.8) is 0 Å². The second-order valence-corrected chi connectivity index (χ2v) is 6.47. The summed E-state index contributed by atoms with van der Waals surface area (Å²) < 4.78 is 78.1. The summed E-state index contributed by atoms with van der Waals surface area (Å²) in [5.74, 6) is -1.14. The maximum absolute atomic E-state index is 13.0. The van der Waals surface area contributed by atoms with Gasteiger partial charge in [-0.3, -0.25) is 0 Å². The van der Waals surface area contributed by atoms with E-state index in [1.54, 1.807) is 0 Å². The van der Waals surface area contributed by atoms with Gasteiger partial charge >= 0.3 is 6.18 Å². The Morgan fingerprint density at radius 2 is 1.77 bits per heavy atom. The first-order valence-corrected chi connectivity index (χ1v) is 7.78. The second-order valence-electron chi connectivity index (χ2n) is 4.78. The van der Waals surface area contributed by atoms with Gasteiger partial charge in [-0.15, -0.1) is 12.4 Å². The quantitative estimate of drug-likeness (QED) is 0.811. The molecule has 0 amide bonds. The molecule has 126 valence electrons. The van der Waals surface area contributed by atoms with Crippen molar-refractivity contribution in [3.8, 4) is 0 Å². The number of benzene rings is 1. The largest absolute Gasteiger partial charge is 0.417 e. The Morgan fingerprint density at radius 3 is 2.32 bits per heavy atom. The van der Waals surface area contributed by atoms with Gasteiger partial charge in [0.1, 0.15) is 5.82 Å². The molecule has 1 heterocycles. The minimum atomic E-state index is -4.94. The lowest BCUT2D eigenvalue weighted by Crippen LogP contribution is -2.43. The second kappa shape index (κ2) is 7.12. The fraction of sp³-hybridized carbons (Fsp3) is 0.500. The Bertz CT molecular complexity index is 616. The molecule has 2 rings (SSSR count). The third kappa shape index (κ3) is 4.55. The summed E-state index contributed by atoms with van der Waals surface area (Å²) in [5, 5.41) is 3.02. The summed E-state index contributed by atoms with van der Waals surface area (Å²) in [6, 6.07) is 1.10. The summed E-state index contributed by atoms with van der Waals surface area (Å²) in [6.07, 6.45) is -3.97. The maximum atomic E-state index is 13.0. The standard InChI is InChI=1S/C12H14F4N2O2S.ClH/c13-8-1-2-11(10(7-8)12(14,15)16)21(19,20)18-9-3-5-17-6-4-9;/h1-2,7,9,17-18H,3-6H2;1H. The van der Waals surface area contributed by atoms with E-state index in [-0.39, 0.29) is 18.5 Å². The van der Waals surface area contributed by atoms with Crippen LogP contribution in [0.5, 0.6) is 0 Å². The third-order valence-corrected chi connectivity index (χ3v) is 4.78. The van der Waals surface area contributed by atoms with Gasteiger partial charge in [0.05, 0.1) is 10.5 Å². The Kier molecular flexibility index (Phi) is 6.19. The topological polar surface area (TPSA) is 58.2 Å². The van der Waals surface area contributed by atoms with Crippen LogP contribution in [0.1, 0.15) is 18.4 Å². The van der Waals surface area contributed by atoms with E-state index in [1.165, 1.54) is 0 Å². The van der Waals surface area contributed by atoms with Gasteiger partial charge in [0.15, 0.2) is 0 Å². The molecule has 4 nitrogen and oxygen atoms in total. The van der Waals surface area contributed by atoms with E-state index < -0.39 is 38.5 Å². The molecule has 1 aromatic rings. The van der Waals surface area contributed by atoms with Gasteiger partial charge in [-0.25, -0.2) is 17.5 Å². The number of hydrogen-bond donors (Lipinski definition) is 2. The van der Waals surface area contributed by atoms with Crippen LogP contribution in [0.3, 0.4) is 0 Å². The molecule has 22 heavy (non-hydrogen) atoms. The predicted octanol–water partition coefficient (Wildman–Crippen LogP) is 2.30. The molecule has 1 aliphatic rings. The SMILES string of the molecule is Cl.O=S(=O)(NC1CCNCC1)c1ccc(F)cc1C(F)(F)F. The van der Waals surface area contributed by atoms with Crippen molar-refractivity contribution in [2.45, 2.75) is 30.0 Å². The minimum Gasteiger partial charge on any atom is -0.317 e. The predicted molar refractivity (Wildman–Crippen MR) is 74.9 cm³/mol. The Hall–Kier alpha value is -0.900. The van der Waals surface area contributed by atoms with E-state index >= 15 is 0 Å². The number of sulfonamides is 1. The number of alkyl halides is 3. The van der Waals surface area contributed by atoms with Gasteiger partial charge < -0.3 is 5.32 Å². The molecule has 0 spiro atoms. The summed E-state index contributed by atoms with van der Waals surface area (Å²) in [7, 11) is -4.35. The normalized spacial score (nSPS) is 17.1. The van der Waals surface area contributed by atoms with Crippen LogP contribution in [-0.4, -0.2) is 27.5 Å². The zero-order valence-corrected chi connectivity index (χ0v) is 12.9. The molecule has 0 bridgehead atoms. The van der Waals surface area contributed by atoms with Crippen molar-refractivity contribution in [2.75, 3.05) is 13.1 Å². The monoisotopic (exact) mass is 362 g/mol. The first kappa shape index (κ1) is 19.1. The van der Waals surface area contributed by atoms with Crippen LogP contribution in [0.2, 0.25) is 0 Å². The average Bonchev–Trinajstić information content (AvgIpc) is 2.38. The Labute approximate surface area is 131 Å². The molecule has 1 aliphatic heterocycles. The highest BCUT2D eigenvalue weighted by atomic mass is 35.5. The van der Waals surface area contributed by atoms with Crippen molar-refractivity contribution in [3.05, 3.63) is 29.6 Å².